The van der Waals surface area contributed by atoms with Crippen molar-refractivity contribution in [3.05, 3.63) is 22.4 Å². The molecule has 0 amide bonds. The van der Waals surface area contributed by atoms with E-state index in [1.807, 2.05) is 20.8 Å². The van der Waals surface area contributed by atoms with Gasteiger partial charge in [0.1, 0.15) is 0 Å². The Morgan fingerprint density at radius 2 is 1.52 bits per heavy atom. The number of rotatable bonds is 6. The zero-order valence-corrected chi connectivity index (χ0v) is 16.5. The van der Waals surface area contributed by atoms with E-state index in [0.29, 0.717) is 25.5 Å². The van der Waals surface area contributed by atoms with Crippen molar-refractivity contribution in [1.82, 2.24) is 15.2 Å². The maximum absolute atomic E-state index is 10.2. The average Bonchev–Trinajstić information content (AvgIpc) is 2.42. The third kappa shape index (κ3) is 24.2. The lowest BCUT2D eigenvalue weighted by Crippen LogP contribution is -2.20. The molecule has 0 bridgehead atoms. The Balaban J connectivity index is 0. The second-order valence-corrected chi connectivity index (χ2v) is 10.1. The molecular weight excluding hydrogens is 391 g/mol. The van der Waals surface area contributed by atoms with Gasteiger partial charge in [-0.25, -0.2) is 9.89 Å². The lowest BCUT2D eigenvalue weighted by Gasteiger charge is -2.15. The lowest BCUT2D eigenvalue weighted by atomic mass is 10.6. The molecule has 0 fully saturated rings. The highest BCUT2D eigenvalue weighted by molar-refractivity contribution is 8.24. The van der Waals surface area contributed by atoms with Gasteiger partial charge >= 0.3 is 10.9 Å². The number of hydrogen-bond acceptors (Lipinski definition) is 7. The molecule has 136 valence electrons. The molecule has 0 radical (unpaired) electrons. The Bertz CT molecular complexity index is 457. The summed E-state index contributed by atoms with van der Waals surface area (Å²) in [6.07, 6.45) is 1.42. The summed E-state index contributed by atoms with van der Waals surface area (Å²) in [5.41, 5.74) is 0.306. The van der Waals surface area contributed by atoms with Crippen LogP contribution in [0.2, 0.25) is 0 Å². The van der Waals surface area contributed by atoms with Crippen LogP contribution in [-0.4, -0.2) is 41.5 Å². The van der Waals surface area contributed by atoms with Crippen LogP contribution in [0.15, 0.2) is 11.0 Å². The van der Waals surface area contributed by atoms with Gasteiger partial charge in [-0.15, -0.1) is 0 Å². The minimum Gasteiger partial charge on any atom is -0.330 e. The van der Waals surface area contributed by atoms with Gasteiger partial charge in [-0.2, -0.15) is 10.1 Å². The standard InChI is InChI=1S/C7H16O3.C4H5N3O.Cl3OP/c1-4-8-7(9-5-2)10-6-3;1-3-2-5-4(8)7-6-3;1-5(2,3)4/h7H,4-6H2,1-3H3;2H,1H3,(H,5,7,8);. The quantitative estimate of drug-likeness (QED) is 0.561. The maximum atomic E-state index is 10.2. The number of ether oxygens (including phenoxy) is 3. The van der Waals surface area contributed by atoms with Crippen LogP contribution in [0, 0.1) is 6.92 Å². The number of aryl methyl sites for hydroxylation is 1. The Morgan fingerprint density at radius 3 is 1.74 bits per heavy atom. The van der Waals surface area contributed by atoms with Gasteiger partial charge < -0.3 is 14.2 Å². The number of H-pyrrole nitrogens is 1. The monoisotopic (exact) mass is 411 g/mol. The number of hydrogen-bond donors (Lipinski definition) is 1. The number of nitrogens with zero attached hydrogens (tertiary/aromatic N) is 2. The van der Waals surface area contributed by atoms with Gasteiger partial charge in [-0.1, -0.05) is 0 Å². The molecule has 1 aromatic heterocycles. The summed E-state index contributed by atoms with van der Waals surface area (Å²) in [5.74, 6) is 0. The Kier molecular flexibility index (Phi) is 16.7. The number of halogens is 3. The van der Waals surface area contributed by atoms with Crippen molar-refractivity contribution >= 4 is 38.9 Å². The molecule has 0 aromatic carbocycles. The molecule has 0 saturated carbocycles. The van der Waals surface area contributed by atoms with Gasteiger partial charge in [-0.3, -0.25) is 4.57 Å². The maximum Gasteiger partial charge on any atom is 0.361 e. The van der Waals surface area contributed by atoms with E-state index in [1.165, 1.54) is 6.20 Å². The third-order valence-corrected chi connectivity index (χ3v) is 1.60. The minimum absolute atomic E-state index is 0.407. The van der Waals surface area contributed by atoms with Crippen molar-refractivity contribution in [1.29, 1.82) is 0 Å². The molecule has 1 rings (SSSR count). The number of nitrogens with one attached hydrogen (secondary N) is 1. The molecule has 0 unspecified atom stereocenters. The van der Waals surface area contributed by atoms with Crippen molar-refractivity contribution in [3.8, 4) is 0 Å². The van der Waals surface area contributed by atoms with E-state index in [2.05, 4.69) is 48.9 Å². The van der Waals surface area contributed by atoms with Crippen LogP contribution in [0.25, 0.3) is 0 Å². The van der Waals surface area contributed by atoms with Crippen molar-refractivity contribution in [2.45, 2.75) is 34.2 Å². The first-order valence-electron chi connectivity index (χ1n) is 6.56. The van der Waals surface area contributed by atoms with E-state index in [4.69, 9.17) is 14.2 Å². The Hall–Kier alpha value is -0.210. The Morgan fingerprint density at radius 1 is 1.13 bits per heavy atom. The van der Waals surface area contributed by atoms with Gasteiger partial charge in [0, 0.05) is 19.8 Å². The first-order chi connectivity index (χ1) is 10.6. The molecule has 12 heteroatoms. The van der Waals surface area contributed by atoms with Crippen LogP contribution in [-0.2, 0) is 18.8 Å². The molecule has 23 heavy (non-hydrogen) atoms. The second kappa shape index (κ2) is 15.3. The number of aromatic amines is 1. The molecule has 0 aliphatic heterocycles. The van der Waals surface area contributed by atoms with E-state index in [-0.39, 0.29) is 0 Å². The molecule has 1 heterocycles. The second-order valence-electron chi connectivity index (χ2n) is 3.48. The van der Waals surface area contributed by atoms with Crippen molar-refractivity contribution < 1.29 is 18.8 Å². The first kappa shape index (κ1) is 25.0. The molecule has 0 spiro atoms. The first-order valence-corrected chi connectivity index (χ1v) is 11.0. The highest BCUT2D eigenvalue weighted by Gasteiger charge is 2.04. The fraction of sp³-hybridized carbons (Fsp3) is 0.727. The van der Waals surface area contributed by atoms with Crippen molar-refractivity contribution in [2.75, 3.05) is 19.8 Å². The highest BCUT2D eigenvalue weighted by atomic mass is 36.0. The summed E-state index contributed by atoms with van der Waals surface area (Å²) in [5, 5.41) is 2.54. The third-order valence-electron chi connectivity index (χ3n) is 1.60. The van der Waals surface area contributed by atoms with Crippen molar-refractivity contribution in [3.63, 3.8) is 0 Å². The zero-order valence-electron chi connectivity index (χ0n) is 13.3. The largest absolute Gasteiger partial charge is 0.361 e. The molecule has 1 aromatic rings. The summed E-state index contributed by atoms with van der Waals surface area (Å²) in [4.78, 5) is 13.6. The van der Waals surface area contributed by atoms with E-state index < -0.39 is 17.4 Å². The SMILES string of the molecule is CCOC(OCC)OCC.Cc1cnc(=O)[nH]n1.O=P(Cl)(Cl)Cl. The predicted molar refractivity (Wildman–Crippen MR) is 91.2 cm³/mol. The van der Waals surface area contributed by atoms with E-state index >= 15 is 0 Å². The molecule has 1 N–H and O–H groups in total. The van der Waals surface area contributed by atoms with Crippen molar-refractivity contribution in [2.24, 2.45) is 0 Å². The molecule has 0 atom stereocenters. The van der Waals surface area contributed by atoms with Gasteiger partial charge in [0.2, 0.25) is 0 Å². The average molecular weight is 413 g/mol. The summed E-state index contributed by atoms with van der Waals surface area (Å²) < 4.78 is 24.7. The summed E-state index contributed by atoms with van der Waals surface area (Å²) in [7, 11) is 0. The smallest absolute Gasteiger partial charge is 0.330 e. The van der Waals surface area contributed by atoms with Crippen LogP contribution in [0.4, 0.5) is 0 Å². The van der Waals surface area contributed by atoms with E-state index in [1.54, 1.807) is 6.92 Å². The molecule has 0 aliphatic carbocycles. The van der Waals surface area contributed by atoms with Crippen LogP contribution in [0.1, 0.15) is 26.5 Å². The fourth-order valence-corrected chi connectivity index (χ4v) is 0.898. The van der Waals surface area contributed by atoms with Gasteiger partial charge in [0.05, 0.1) is 11.9 Å². The summed E-state index contributed by atoms with van der Waals surface area (Å²) in [6, 6.07) is 0. The van der Waals surface area contributed by atoms with Gasteiger partial charge in [-0.05, 0) is 61.4 Å². The normalized spacial score (nSPS) is 10.4. The summed E-state index contributed by atoms with van der Waals surface area (Å²) >= 11 is 13.8. The topological polar surface area (TPSA) is 103 Å². The Labute approximate surface area is 149 Å². The summed E-state index contributed by atoms with van der Waals surface area (Å²) in [6.45, 7) is 8.85. The minimum atomic E-state index is -3.22. The van der Waals surface area contributed by atoms with Crippen LogP contribution in [0.3, 0.4) is 0 Å². The molecule has 0 aliphatic rings. The fourth-order valence-electron chi connectivity index (χ4n) is 0.898. The molecular formula is C11H21Cl3N3O5P. The number of aromatic nitrogens is 3. The van der Waals surface area contributed by atoms with Crippen LogP contribution >= 0.6 is 38.9 Å². The van der Waals surface area contributed by atoms with Gasteiger partial charge in [0.25, 0.3) is 6.48 Å². The van der Waals surface area contributed by atoms with Gasteiger partial charge in [0.15, 0.2) is 0 Å². The lowest BCUT2D eigenvalue weighted by molar-refractivity contribution is -0.282. The molecule has 8 nitrogen and oxygen atoms in total. The van der Waals surface area contributed by atoms with E-state index in [9.17, 15) is 9.36 Å². The predicted octanol–water partition coefficient (Wildman–Crippen LogP) is 3.66. The zero-order chi connectivity index (χ0) is 18.3. The highest BCUT2D eigenvalue weighted by Crippen LogP contribution is 2.61. The molecule has 0 saturated heterocycles. The van der Waals surface area contributed by atoms with Crippen LogP contribution in [0.5, 0.6) is 0 Å². The van der Waals surface area contributed by atoms with E-state index in [0.717, 1.165) is 0 Å². The van der Waals surface area contributed by atoms with Crippen LogP contribution < -0.4 is 5.69 Å².